The summed E-state index contributed by atoms with van der Waals surface area (Å²) in [7, 11) is 0. The molecule has 2 rings (SSSR count). The van der Waals surface area contributed by atoms with Crippen LogP contribution in [-0.2, 0) is 14.3 Å². The summed E-state index contributed by atoms with van der Waals surface area (Å²) in [6, 6.07) is 0. The predicted molar refractivity (Wildman–Crippen MR) is 51.9 cm³/mol. The van der Waals surface area contributed by atoms with Crippen LogP contribution in [0.15, 0.2) is 36.0 Å². The van der Waals surface area contributed by atoms with Crippen LogP contribution in [0.25, 0.3) is 0 Å². The SMILES string of the molecule is C=CC1CC2=C(C(=O)C=CC2=O)[C@@H](O)O1. The maximum Gasteiger partial charge on any atom is 0.187 e. The second-order valence-corrected chi connectivity index (χ2v) is 3.42. The first-order valence-corrected chi connectivity index (χ1v) is 4.59. The van der Waals surface area contributed by atoms with Crippen molar-refractivity contribution in [3.8, 4) is 0 Å². The third-order valence-corrected chi connectivity index (χ3v) is 2.49. The van der Waals surface area contributed by atoms with E-state index in [1.54, 1.807) is 0 Å². The minimum atomic E-state index is -1.32. The zero-order valence-electron chi connectivity index (χ0n) is 7.97. The Morgan fingerprint density at radius 1 is 1.40 bits per heavy atom. The topological polar surface area (TPSA) is 63.6 Å². The van der Waals surface area contributed by atoms with Crippen LogP contribution >= 0.6 is 0 Å². The Bertz CT molecular complexity index is 403. The van der Waals surface area contributed by atoms with Crippen molar-refractivity contribution in [3.63, 3.8) is 0 Å². The van der Waals surface area contributed by atoms with Crippen LogP contribution in [0.5, 0.6) is 0 Å². The molecule has 0 saturated carbocycles. The van der Waals surface area contributed by atoms with Gasteiger partial charge in [-0.05, 0) is 12.2 Å². The molecule has 2 aliphatic rings. The number of carbonyl (C=O) groups excluding carboxylic acids is 2. The fourth-order valence-corrected chi connectivity index (χ4v) is 1.73. The maximum atomic E-state index is 11.5. The van der Waals surface area contributed by atoms with E-state index in [1.807, 2.05) is 0 Å². The molecule has 78 valence electrons. The number of aliphatic hydroxyl groups excluding tert-OH is 1. The van der Waals surface area contributed by atoms with E-state index >= 15 is 0 Å². The Morgan fingerprint density at radius 3 is 2.73 bits per heavy atom. The van der Waals surface area contributed by atoms with E-state index in [4.69, 9.17) is 4.74 Å². The van der Waals surface area contributed by atoms with Crippen molar-refractivity contribution in [2.45, 2.75) is 18.8 Å². The van der Waals surface area contributed by atoms with Crippen molar-refractivity contribution in [1.82, 2.24) is 0 Å². The molecule has 0 aromatic carbocycles. The number of aliphatic hydroxyl groups is 1. The molecule has 4 nitrogen and oxygen atoms in total. The Balaban J connectivity index is 2.43. The summed E-state index contributed by atoms with van der Waals surface area (Å²) in [5.41, 5.74) is 0.409. The van der Waals surface area contributed by atoms with Gasteiger partial charge in [0.25, 0.3) is 0 Å². The molecule has 0 aromatic rings. The monoisotopic (exact) mass is 206 g/mol. The highest BCUT2D eigenvalue weighted by atomic mass is 16.6. The van der Waals surface area contributed by atoms with E-state index in [1.165, 1.54) is 12.2 Å². The third-order valence-electron chi connectivity index (χ3n) is 2.49. The molecule has 15 heavy (non-hydrogen) atoms. The highest BCUT2D eigenvalue weighted by Gasteiger charge is 2.34. The number of allylic oxidation sites excluding steroid dienone is 2. The van der Waals surface area contributed by atoms with E-state index in [2.05, 4.69) is 6.58 Å². The van der Waals surface area contributed by atoms with E-state index in [9.17, 15) is 14.7 Å². The molecule has 1 aliphatic heterocycles. The third kappa shape index (κ3) is 1.58. The molecule has 1 N–H and O–H groups in total. The number of carbonyl (C=O) groups is 2. The largest absolute Gasteiger partial charge is 0.364 e. The highest BCUT2D eigenvalue weighted by molar-refractivity contribution is 6.20. The molecule has 4 heteroatoms. The first-order valence-electron chi connectivity index (χ1n) is 4.59. The minimum absolute atomic E-state index is 0.0700. The molecule has 0 spiro atoms. The molecule has 0 saturated heterocycles. The highest BCUT2D eigenvalue weighted by Crippen LogP contribution is 2.29. The van der Waals surface area contributed by atoms with Crippen molar-refractivity contribution in [2.75, 3.05) is 0 Å². The Hall–Kier alpha value is -1.52. The number of hydrogen-bond donors (Lipinski definition) is 1. The van der Waals surface area contributed by atoms with Crippen LogP contribution in [0.1, 0.15) is 6.42 Å². The zero-order valence-corrected chi connectivity index (χ0v) is 7.97. The van der Waals surface area contributed by atoms with Gasteiger partial charge in [0.15, 0.2) is 17.9 Å². The quantitative estimate of drug-likeness (QED) is 0.494. The van der Waals surface area contributed by atoms with Crippen LogP contribution in [-0.4, -0.2) is 29.1 Å². The van der Waals surface area contributed by atoms with E-state index in [0.29, 0.717) is 12.0 Å². The van der Waals surface area contributed by atoms with Gasteiger partial charge in [0.05, 0.1) is 11.7 Å². The fraction of sp³-hybridized carbons (Fsp3) is 0.273. The standard InChI is InChI=1S/C11H10O4/c1-2-6-5-7-8(12)3-4-9(13)10(7)11(14)15-6/h2-4,6,11,14H,1,5H2/t6?,11-/m0/s1. The predicted octanol–water partition coefficient (Wildman–Crippen LogP) is 0.284. The van der Waals surface area contributed by atoms with Crippen LogP contribution in [0.3, 0.4) is 0 Å². The van der Waals surface area contributed by atoms with Gasteiger partial charge in [0.1, 0.15) is 0 Å². The molecule has 2 atom stereocenters. The normalized spacial score (nSPS) is 30.5. The maximum absolute atomic E-state index is 11.5. The summed E-state index contributed by atoms with van der Waals surface area (Å²) in [5, 5.41) is 9.56. The van der Waals surface area contributed by atoms with Crippen molar-refractivity contribution in [3.05, 3.63) is 36.0 Å². The summed E-state index contributed by atoms with van der Waals surface area (Å²) < 4.78 is 5.10. The molecular formula is C11H10O4. The smallest absolute Gasteiger partial charge is 0.187 e. The van der Waals surface area contributed by atoms with Crippen LogP contribution < -0.4 is 0 Å². The minimum Gasteiger partial charge on any atom is -0.364 e. The lowest BCUT2D eigenvalue weighted by Crippen LogP contribution is -2.35. The molecule has 0 radical (unpaired) electrons. The van der Waals surface area contributed by atoms with Crippen molar-refractivity contribution < 1.29 is 19.4 Å². The first kappa shape index (κ1) is 10.0. The van der Waals surface area contributed by atoms with Crippen molar-refractivity contribution in [2.24, 2.45) is 0 Å². The molecule has 1 aliphatic carbocycles. The molecule has 0 amide bonds. The van der Waals surface area contributed by atoms with E-state index in [0.717, 1.165) is 6.08 Å². The van der Waals surface area contributed by atoms with E-state index < -0.39 is 12.4 Å². The number of hydrogen-bond acceptors (Lipinski definition) is 4. The molecule has 1 unspecified atom stereocenters. The van der Waals surface area contributed by atoms with Crippen LogP contribution in [0, 0.1) is 0 Å². The molecule has 0 fully saturated rings. The average molecular weight is 206 g/mol. The second-order valence-electron chi connectivity index (χ2n) is 3.42. The first-order chi connectivity index (χ1) is 7.13. The van der Waals surface area contributed by atoms with Crippen LogP contribution in [0.4, 0.5) is 0 Å². The molecule has 0 bridgehead atoms. The van der Waals surface area contributed by atoms with Gasteiger partial charge in [0.2, 0.25) is 0 Å². The summed E-state index contributed by atoms with van der Waals surface area (Å²) in [6.45, 7) is 3.53. The number of ketones is 2. The lowest BCUT2D eigenvalue weighted by Gasteiger charge is -2.29. The number of rotatable bonds is 1. The Kier molecular flexibility index (Phi) is 2.38. The summed E-state index contributed by atoms with van der Waals surface area (Å²) in [5.74, 6) is -0.599. The van der Waals surface area contributed by atoms with E-state index in [-0.39, 0.29) is 17.1 Å². The van der Waals surface area contributed by atoms with Gasteiger partial charge in [-0.25, -0.2) is 0 Å². The molecule has 1 heterocycles. The Morgan fingerprint density at radius 2 is 2.07 bits per heavy atom. The number of ether oxygens (including phenoxy) is 1. The average Bonchev–Trinajstić information content (AvgIpc) is 2.23. The van der Waals surface area contributed by atoms with Gasteiger partial charge in [-0.2, -0.15) is 0 Å². The lowest BCUT2D eigenvalue weighted by atomic mass is 9.88. The van der Waals surface area contributed by atoms with Crippen molar-refractivity contribution >= 4 is 11.6 Å². The molecule has 0 aromatic heterocycles. The summed E-state index contributed by atoms with van der Waals surface area (Å²) >= 11 is 0. The fourth-order valence-electron chi connectivity index (χ4n) is 1.73. The van der Waals surface area contributed by atoms with Gasteiger partial charge >= 0.3 is 0 Å². The van der Waals surface area contributed by atoms with Gasteiger partial charge in [-0.15, -0.1) is 6.58 Å². The lowest BCUT2D eigenvalue weighted by molar-refractivity contribution is -0.131. The van der Waals surface area contributed by atoms with Crippen LogP contribution in [0.2, 0.25) is 0 Å². The van der Waals surface area contributed by atoms with Gasteiger partial charge in [-0.3, -0.25) is 9.59 Å². The second kappa shape index (κ2) is 3.56. The van der Waals surface area contributed by atoms with Crippen molar-refractivity contribution in [1.29, 1.82) is 0 Å². The summed E-state index contributed by atoms with van der Waals surface area (Å²) in [6.07, 6.45) is 2.44. The van der Waals surface area contributed by atoms with Gasteiger partial charge < -0.3 is 9.84 Å². The Labute approximate surface area is 86.5 Å². The van der Waals surface area contributed by atoms with Gasteiger partial charge in [-0.1, -0.05) is 6.08 Å². The summed E-state index contributed by atoms with van der Waals surface area (Å²) in [4.78, 5) is 22.9. The zero-order chi connectivity index (χ0) is 11.0. The molecular weight excluding hydrogens is 196 g/mol. The van der Waals surface area contributed by atoms with Gasteiger partial charge in [0, 0.05) is 12.0 Å².